The number of aromatic nitrogens is 2. The maximum atomic E-state index is 4.35. The third kappa shape index (κ3) is 6.38. The molecule has 0 spiro atoms. The van der Waals surface area contributed by atoms with Crippen molar-refractivity contribution < 1.29 is 0 Å². The zero-order chi connectivity index (χ0) is 12.5. The van der Waals surface area contributed by atoms with Gasteiger partial charge in [0.25, 0.3) is 0 Å². The SMILES string of the molecule is CCCNC(CC)CCCSc1nc(C)ns1. The van der Waals surface area contributed by atoms with Crippen LogP contribution in [0.15, 0.2) is 4.34 Å². The van der Waals surface area contributed by atoms with Crippen LogP contribution in [0.3, 0.4) is 0 Å². The maximum absolute atomic E-state index is 4.35. The molecule has 1 N–H and O–H groups in total. The molecule has 0 bridgehead atoms. The molecule has 17 heavy (non-hydrogen) atoms. The lowest BCUT2D eigenvalue weighted by Gasteiger charge is -2.15. The van der Waals surface area contributed by atoms with Crippen LogP contribution in [0.25, 0.3) is 0 Å². The summed E-state index contributed by atoms with van der Waals surface area (Å²) < 4.78 is 5.29. The molecular weight excluding hydrogens is 250 g/mol. The highest BCUT2D eigenvalue weighted by Gasteiger charge is 2.05. The second-order valence-electron chi connectivity index (χ2n) is 4.16. The fraction of sp³-hybridized carbons (Fsp3) is 0.833. The van der Waals surface area contributed by atoms with Crippen molar-refractivity contribution in [3.63, 3.8) is 0 Å². The molecule has 98 valence electrons. The second kappa shape index (κ2) is 8.89. The van der Waals surface area contributed by atoms with Gasteiger partial charge in [0.15, 0.2) is 4.34 Å². The van der Waals surface area contributed by atoms with Crippen LogP contribution in [0.2, 0.25) is 0 Å². The van der Waals surface area contributed by atoms with Crippen LogP contribution in [0.4, 0.5) is 0 Å². The Bertz CT molecular complexity index is 302. The van der Waals surface area contributed by atoms with E-state index in [0.717, 1.165) is 22.5 Å². The Labute approximate surface area is 113 Å². The summed E-state index contributed by atoms with van der Waals surface area (Å²) in [7, 11) is 0. The molecule has 1 atom stereocenters. The van der Waals surface area contributed by atoms with Gasteiger partial charge in [-0.05, 0) is 50.7 Å². The van der Waals surface area contributed by atoms with Crippen LogP contribution in [-0.2, 0) is 0 Å². The molecule has 0 aliphatic carbocycles. The Hall–Kier alpha value is -0.130. The Morgan fingerprint density at radius 1 is 1.41 bits per heavy atom. The van der Waals surface area contributed by atoms with E-state index in [1.165, 1.54) is 37.2 Å². The van der Waals surface area contributed by atoms with Gasteiger partial charge in [0.2, 0.25) is 0 Å². The van der Waals surface area contributed by atoms with E-state index in [2.05, 4.69) is 28.5 Å². The fourth-order valence-electron chi connectivity index (χ4n) is 1.62. The van der Waals surface area contributed by atoms with Crippen LogP contribution < -0.4 is 5.32 Å². The van der Waals surface area contributed by atoms with Crippen molar-refractivity contribution in [2.75, 3.05) is 12.3 Å². The van der Waals surface area contributed by atoms with Gasteiger partial charge in [0.1, 0.15) is 5.82 Å². The average Bonchev–Trinajstić information content (AvgIpc) is 2.74. The average molecular weight is 273 g/mol. The topological polar surface area (TPSA) is 37.8 Å². The first kappa shape index (κ1) is 14.9. The van der Waals surface area contributed by atoms with Gasteiger partial charge < -0.3 is 5.32 Å². The number of hydrogen-bond acceptors (Lipinski definition) is 5. The van der Waals surface area contributed by atoms with E-state index < -0.39 is 0 Å². The summed E-state index contributed by atoms with van der Waals surface area (Å²) in [6.07, 6.45) is 4.96. The van der Waals surface area contributed by atoms with E-state index >= 15 is 0 Å². The molecule has 1 rings (SSSR count). The summed E-state index contributed by atoms with van der Waals surface area (Å²) in [5, 5.41) is 3.59. The Balaban J connectivity index is 2.09. The summed E-state index contributed by atoms with van der Waals surface area (Å²) in [6, 6.07) is 0.687. The predicted octanol–water partition coefficient (Wildman–Crippen LogP) is 3.50. The lowest BCUT2D eigenvalue weighted by Crippen LogP contribution is -2.29. The van der Waals surface area contributed by atoms with Gasteiger partial charge in [0.05, 0.1) is 0 Å². The van der Waals surface area contributed by atoms with Crippen LogP contribution >= 0.6 is 23.3 Å². The number of rotatable bonds is 9. The third-order valence-electron chi connectivity index (χ3n) is 2.61. The van der Waals surface area contributed by atoms with Crippen molar-refractivity contribution in [1.29, 1.82) is 0 Å². The maximum Gasteiger partial charge on any atom is 0.170 e. The molecule has 0 aliphatic rings. The van der Waals surface area contributed by atoms with Crippen molar-refractivity contribution in [1.82, 2.24) is 14.7 Å². The summed E-state index contributed by atoms with van der Waals surface area (Å²) in [4.78, 5) is 4.35. The smallest absolute Gasteiger partial charge is 0.170 e. The van der Waals surface area contributed by atoms with Gasteiger partial charge in [0, 0.05) is 11.8 Å². The van der Waals surface area contributed by atoms with Gasteiger partial charge in [-0.15, -0.1) is 0 Å². The van der Waals surface area contributed by atoms with Crippen molar-refractivity contribution in [3.05, 3.63) is 5.82 Å². The summed E-state index contributed by atoms with van der Waals surface area (Å²) >= 11 is 3.35. The summed E-state index contributed by atoms with van der Waals surface area (Å²) in [6.45, 7) is 7.56. The van der Waals surface area contributed by atoms with Gasteiger partial charge in [-0.3, -0.25) is 0 Å². The van der Waals surface area contributed by atoms with Crippen LogP contribution in [0.5, 0.6) is 0 Å². The van der Waals surface area contributed by atoms with Gasteiger partial charge in [-0.25, -0.2) is 4.98 Å². The molecule has 5 heteroatoms. The minimum absolute atomic E-state index is 0.687. The molecule has 1 unspecified atom stereocenters. The zero-order valence-electron chi connectivity index (χ0n) is 11.0. The quantitative estimate of drug-likeness (QED) is 0.552. The second-order valence-corrected chi connectivity index (χ2v) is 6.25. The highest BCUT2D eigenvalue weighted by atomic mass is 32.2. The van der Waals surface area contributed by atoms with Crippen molar-refractivity contribution in [2.45, 2.75) is 56.8 Å². The molecule has 0 aromatic carbocycles. The molecule has 0 saturated heterocycles. The van der Waals surface area contributed by atoms with Crippen molar-refractivity contribution >= 4 is 23.3 Å². The lowest BCUT2D eigenvalue weighted by atomic mass is 10.1. The number of nitrogens with one attached hydrogen (secondary N) is 1. The first-order chi connectivity index (χ1) is 8.26. The first-order valence-corrected chi connectivity index (χ1v) is 8.18. The molecule has 3 nitrogen and oxygen atoms in total. The highest BCUT2D eigenvalue weighted by Crippen LogP contribution is 2.21. The summed E-state index contributed by atoms with van der Waals surface area (Å²) in [5.41, 5.74) is 0. The summed E-state index contributed by atoms with van der Waals surface area (Å²) in [5.74, 6) is 2.05. The van der Waals surface area contributed by atoms with Gasteiger partial charge >= 0.3 is 0 Å². The van der Waals surface area contributed by atoms with Gasteiger partial charge in [-0.2, -0.15) is 4.37 Å². The zero-order valence-corrected chi connectivity index (χ0v) is 12.7. The largest absolute Gasteiger partial charge is 0.314 e. The first-order valence-electron chi connectivity index (χ1n) is 6.42. The van der Waals surface area contributed by atoms with E-state index in [1.807, 2.05) is 18.7 Å². The Kier molecular flexibility index (Phi) is 7.81. The lowest BCUT2D eigenvalue weighted by molar-refractivity contribution is 0.465. The normalized spacial score (nSPS) is 12.9. The van der Waals surface area contributed by atoms with E-state index in [1.54, 1.807) is 0 Å². The van der Waals surface area contributed by atoms with Crippen LogP contribution in [-0.4, -0.2) is 27.7 Å². The molecule has 0 saturated carbocycles. The predicted molar refractivity (Wildman–Crippen MR) is 77.0 cm³/mol. The van der Waals surface area contributed by atoms with E-state index in [4.69, 9.17) is 0 Å². The molecule has 1 aromatic heterocycles. The van der Waals surface area contributed by atoms with Crippen molar-refractivity contribution in [2.24, 2.45) is 0 Å². The molecule has 1 aromatic rings. The monoisotopic (exact) mass is 273 g/mol. The fourth-order valence-corrected chi connectivity index (χ4v) is 3.30. The van der Waals surface area contributed by atoms with E-state index in [0.29, 0.717) is 6.04 Å². The molecule has 0 radical (unpaired) electrons. The third-order valence-corrected chi connectivity index (χ3v) is 4.62. The number of aryl methyl sites for hydroxylation is 1. The molecule has 1 heterocycles. The highest BCUT2D eigenvalue weighted by molar-refractivity contribution is 8.00. The van der Waals surface area contributed by atoms with Crippen LogP contribution in [0, 0.1) is 6.92 Å². The molecular formula is C12H23N3S2. The van der Waals surface area contributed by atoms with E-state index in [9.17, 15) is 0 Å². The molecule has 0 fully saturated rings. The molecule has 0 amide bonds. The number of thioether (sulfide) groups is 1. The molecule has 0 aliphatic heterocycles. The van der Waals surface area contributed by atoms with Crippen LogP contribution in [0.1, 0.15) is 45.4 Å². The minimum Gasteiger partial charge on any atom is -0.314 e. The Morgan fingerprint density at radius 3 is 2.82 bits per heavy atom. The standard InChI is InChI=1S/C12H23N3S2/c1-4-8-13-11(5-2)7-6-9-16-12-14-10(3)15-17-12/h11,13H,4-9H2,1-3H3. The number of nitrogens with zero attached hydrogens (tertiary/aromatic N) is 2. The minimum atomic E-state index is 0.687. The number of hydrogen-bond donors (Lipinski definition) is 1. The van der Waals surface area contributed by atoms with Gasteiger partial charge in [-0.1, -0.05) is 25.6 Å². The Morgan fingerprint density at radius 2 is 2.24 bits per heavy atom. The van der Waals surface area contributed by atoms with E-state index in [-0.39, 0.29) is 0 Å². The van der Waals surface area contributed by atoms with Crippen molar-refractivity contribution in [3.8, 4) is 0 Å².